The average Bonchev–Trinajstić information content (AvgIpc) is 2.43. The number of nitrogens with one attached hydrogen (secondary N) is 1. The van der Waals surface area contributed by atoms with Crippen LogP contribution in [0.4, 0.5) is 21.5 Å². The molecule has 2 aromatic rings. The molecule has 0 saturated carbocycles. The van der Waals surface area contributed by atoms with E-state index >= 15 is 0 Å². The molecule has 7 heteroatoms. The summed E-state index contributed by atoms with van der Waals surface area (Å²) in [5, 5.41) is 13.1. The lowest BCUT2D eigenvalue weighted by atomic mass is 10.1. The molecule has 0 aliphatic carbocycles. The standard InChI is InChI=1S/C14H12FN3O3/c15-12-6-3-10(8-13(12)16)17-14(19)7-9-1-4-11(5-2-9)18(20)21/h1-6,8H,7,16H2,(H,17,19). The molecule has 0 fully saturated rings. The topological polar surface area (TPSA) is 98.3 Å². The molecule has 0 radical (unpaired) electrons. The van der Waals surface area contributed by atoms with E-state index in [2.05, 4.69) is 5.32 Å². The molecule has 2 rings (SSSR count). The van der Waals surface area contributed by atoms with E-state index in [9.17, 15) is 19.3 Å². The van der Waals surface area contributed by atoms with Gasteiger partial charge in [-0.2, -0.15) is 0 Å². The molecule has 0 unspecified atom stereocenters. The number of nitrogens with zero attached hydrogens (tertiary/aromatic N) is 1. The Morgan fingerprint density at radius 3 is 2.48 bits per heavy atom. The summed E-state index contributed by atoms with van der Waals surface area (Å²) in [7, 11) is 0. The summed E-state index contributed by atoms with van der Waals surface area (Å²) in [6.45, 7) is 0. The van der Waals surface area contributed by atoms with Crippen molar-refractivity contribution in [1.82, 2.24) is 0 Å². The molecule has 0 heterocycles. The van der Waals surface area contributed by atoms with E-state index in [1.807, 2.05) is 0 Å². The Morgan fingerprint density at radius 1 is 1.24 bits per heavy atom. The summed E-state index contributed by atoms with van der Waals surface area (Å²) in [6, 6.07) is 9.57. The number of hydrogen-bond acceptors (Lipinski definition) is 4. The second-order valence-corrected chi connectivity index (χ2v) is 4.38. The van der Waals surface area contributed by atoms with Crippen molar-refractivity contribution in [2.75, 3.05) is 11.1 Å². The van der Waals surface area contributed by atoms with E-state index < -0.39 is 10.7 Å². The van der Waals surface area contributed by atoms with E-state index in [-0.39, 0.29) is 23.7 Å². The SMILES string of the molecule is Nc1cc(NC(=O)Cc2ccc([N+](=O)[O-])cc2)ccc1F. The van der Waals surface area contributed by atoms with Gasteiger partial charge in [0.05, 0.1) is 17.0 Å². The third-order valence-corrected chi connectivity index (χ3v) is 2.79. The van der Waals surface area contributed by atoms with Crippen molar-refractivity contribution in [2.45, 2.75) is 6.42 Å². The molecule has 0 bridgehead atoms. The summed E-state index contributed by atoms with van der Waals surface area (Å²) < 4.78 is 13.0. The number of carbonyl (C=O) groups is 1. The van der Waals surface area contributed by atoms with Crippen LogP contribution in [0.2, 0.25) is 0 Å². The van der Waals surface area contributed by atoms with Crippen LogP contribution in [0.3, 0.4) is 0 Å². The van der Waals surface area contributed by atoms with E-state index in [4.69, 9.17) is 5.73 Å². The quantitative estimate of drug-likeness (QED) is 0.513. The number of non-ortho nitro benzene ring substituents is 1. The Labute approximate surface area is 119 Å². The number of benzene rings is 2. The molecule has 108 valence electrons. The molecule has 0 aliphatic heterocycles. The summed E-state index contributed by atoms with van der Waals surface area (Å²) in [5.41, 5.74) is 6.34. The van der Waals surface area contributed by atoms with Crippen LogP contribution in [0, 0.1) is 15.9 Å². The molecular weight excluding hydrogens is 277 g/mol. The minimum absolute atomic E-state index is 0.0366. The number of rotatable bonds is 4. The molecule has 0 atom stereocenters. The normalized spacial score (nSPS) is 10.1. The maximum atomic E-state index is 13.0. The fourth-order valence-electron chi connectivity index (χ4n) is 1.75. The van der Waals surface area contributed by atoms with Crippen molar-refractivity contribution in [3.8, 4) is 0 Å². The van der Waals surface area contributed by atoms with Gasteiger partial charge in [-0.3, -0.25) is 14.9 Å². The third-order valence-electron chi connectivity index (χ3n) is 2.79. The van der Waals surface area contributed by atoms with Crippen molar-refractivity contribution in [3.63, 3.8) is 0 Å². The predicted molar refractivity (Wildman–Crippen MR) is 76.2 cm³/mol. The van der Waals surface area contributed by atoms with E-state index in [1.165, 1.54) is 36.4 Å². The van der Waals surface area contributed by atoms with Crippen molar-refractivity contribution in [2.24, 2.45) is 0 Å². The Morgan fingerprint density at radius 2 is 1.90 bits per heavy atom. The number of nitro benzene ring substituents is 1. The van der Waals surface area contributed by atoms with E-state index in [0.29, 0.717) is 11.3 Å². The molecule has 2 aromatic carbocycles. The van der Waals surface area contributed by atoms with Crippen molar-refractivity contribution in [1.29, 1.82) is 0 Å². The number of amides is 1. The maximum absolute atomic E-state index is 13.0. The minimum Gasteiger partial charge on any atom is -0.396 e. The van der Waals surface area contributed by atoms with Gasteiger partial charge in [0.1, 0.15) is 5.82 Å². The van der Waals surface area contributed by atoms with Gasteiger partial charge in [-0.1, -0.05) is 12.1 Å². The van der Waals surface area contributed by atoms with Crippen LogP contribution in [-0.2, 0) is 11.2 Å². The number of hydrogen-bond donors (Lipinski definition) is 2. The molecule has 1 amide bonds. The largest absolute Gasteiger partial charge is 0.396 e. The highest BCUT2D eigenvalue weighted by molar-refractivity contribution is 5.92. The van der Waals surface area contributed by atoms with Crippen molar-refractivity contribution < 1.29 is 14.1 Å². The van der Waals surface area contributed by atoms with Crippen LogP contribution in [0.5, 0.6) is 0 Å². The molecule has 0 aromatic heterocycles. The van der Waals surface area contributed by atoms with Crippen LogP contribution >= 0.6 is 0 Å². The van der Waals surface area contributed by atoms with Crippen molar-refractivity contribution >= 4 is 23.0 Å². The van der Waals surface area contributed by atoms with Gasteiger partial charge in [-0.15, -0.1) is 0 Å². The molecule has 6 nitrogen and oxygen atoms in total. The smallest absolute Gasteiger partial charge is 0.269 e. The lowest BCUT2D eigenvalue weighted by Crippen LogP contribution is -2.14. The minimum atomic E-state index is -0.552. The molecular formula is C14H12FN3O3. The molecule has 0 saturated heterocycles. The second-order valence-electron chi connectivity index (χ2n) is 4.38. The van der Waals surface area contributed by atoms with Crippen LogP contribution < -0.4 is 11.1 Å². The Bertz CT molecular complexity index is 686. The number of nitrogens with two attached hydrogens (primary N) is 1. The lowest BCUT2D eigenvalue weighted by Gasteiger charge is -2.06. The molecule has 21 heavy (non-hydrogen) atoms. The second kappa shape index (κ2) is 6.00. The number of carbonyl (C=O) groups excluding carboxylic acids is 1. The maximum Gasteiger partial charge on any atom is 0.269 e. The highest BCUT2D eigenvalue weighted by Crippen LogP contribution is 2.17. The van der Waals surface area contributed by atoms with E-state index in [0.717, 1.165) is 6.07 Å². The Kier molecular flexibility index (Phi) is 4.13. The number of anilines is 2. The monoisotopic (exact) mass is 289 g/mol. The Balaban J connectivity index is 2.01. The van der Waals surface area contributed by atoms with Gasteiger partial charge >= 0.3 is 0 Å². The summed E-state index contributed by atoms with van der Waals surface area (Å²) >= 11 is 0. The first-order chi connectivity index (χ1) is 9.95. The molecule has 0 spiro atoms. The first kappa shape index (κ1) is 14.4. The summed E-state index contributed by atoms with van der Waals surface area (Å²) in [5.74, 6) is -0.877. The van der Waals surface area contributed by atoms with Gasteiger partial charge in [-0.25, -0.2) is 4.39 Å². The highest BCUT2D eigenvalue weighted by Gasteiger charge is 2.08. The molecule has 3 N–H and O–H groups in total. The zero-order chi connectivity index (χ0) is 15.4. The van der Waals surface area contributed by atoms with Crippen LogP contribution in [-0.4, -0.2) is 10.8 Å². The fraction of sp³-hybridized carbons (Fsp3) is 0.0714. The first-order valence-electron chi connectivity index (χ1n) is 6.04. The highest BCUT2D eigenvalue weighted by atomic mass is 19.1. The van der Waals surface area contributed by atoms with Gasteiger partial charge in [-0.05, 0) is 23.8 Å². The molecule has 0 aliphatic rings. The average molecular weight is 289 g/mol. The van der Waals surface area contributed by atoms with Gasteiger partial charge in [0.2, 0.25) is 5.91 Å². The summed E-state index contributed by atoms with van der Waals surface area (Å²) in [6.07, 6.45) is 0.0509. The summed E-state index contributed by atoms with van der Waals surface area (Å²) in [4.78, 5) is 21.8. The zero-order valence-electron chi connectivity index (χ0n) is 10.9. The third kappa shape index (κ3) is 3.75. The lowest BCUT2D eigenvalue weighted by molar-refractivity contribution is -0.384. The van der Waals surface area contributed by atoms with Crippen LogP contribution in [0.1, 0.15) is 5.56 Å². The Hall–Kier alpha value is -2.96. The first-order valence-corrected chi connectivity index (χ1v) is 6.04. The fourth-order valence-corrected chi connectivity index (χ4v) is 1.75. The predicted octanol–water partition coefficient (Wildman–Crippen LogP) is 2.50. The van der Waals surface area contributed by atoms with E-state index in [1.54, 1.807) is 0 Å². The van der Waals surface area contributed by atoms with Gasteiger partial charge < -0.3 is 11.1 Å². The number of halogens is 1. The van der Waals surface area contributed by atoms with Crippen LogP contribution in [0.25, 0.3) is 0 Å². The van der Waals surface area contributed by atoms with Gasteiger partial charge in [0.15, 0.2) is 0 Å². The van der Waals surface area contributed by atoms with Gasteiger partial charge in [0, 0.05) is 17.8 Å². The van der Waals surface area contributed by atoms with Crippen LogP contribution in [0.15, 0.2) is 42.5 Å². The zero-order valence-corrected chi connectivity index (χ0v) is 10.9. The van der Waals surface area contributed by atoms with Crippen molar-refractivity contribution in [3.05, 3.63) is 64.0 Å². The number of nitro groups is 1. The van der Waals surface area contributed by atoms with Gasteiger partial charge in [0.25, 0.3) is 5.69 Å². The number of nitrogen functional groups attached to an aromatic ring is 1.